The number of aromatic carboxylic acids is 1. The summed E-state index contributed by atoms with van der Waals surface area (Å²) in [5, 5.41) is 47.4. The fourth-order valence-electron chi connectivity index (χ4n) is 2.22. The summed E-state index contributed by atoms with van der Waals surface area (Å²) in [5.41, 5.74) is -0.0753. The van der Waals surface area contributed by atoms with Crippen molar-refractivity contribution in [2.24, 2.45) is 0 Å². The van der Waals surface area contributed by atoms with E-state index in [1.807, 2.05) is 0 Å². The third-order valence-electron chi connectivity index (χ3n) is 3.50. The zero-order chi connectivity index (χ0) is 17.1. The van der Waals surface area contributed by atoms with Crippen molar-refractivity contribution in [2.75, 3.05) is 13.7 Å². The molecule has 0 aromatic heterocycles. The van der Waals surface area contributed by atoms with E-state index < -0.39 is 43.3 Å². The molecule has 1 heterocycles. The Hall–Kier alpha value is -1.91. The van der Waals surface area contributed by atoms with Crippen molar-refractivity contribution in [1.29, 1.82) is 0 Å². The summed E-state index contributed by atoms with van der Waals surface area (Å²) in [5.74, 6) is -1.02. The first-order valence-electron chi connectivity index (χ1n) is 6.77. The van der Waals surface area contributed by atoms with E-state index in [0.29, 0.717) is 0 Å². The van der Waals surface area contributed by atoms with Crippen LogP contribution in [0.2, 0.25) is 0 Å². The van der Waals surface area contributed by atoms with Crippen LogP contribution in [-0.2, 0) is 4.74 Å². The molecule has 1 aliphatic rings. The van der Waals surface area contributed by atoms with Crippen LogP contribution in [0.15, 0.2) is 18.2 Å². The van der Waals surface area contributed by atoms with Gasteiger partial charge in [-0.3, -0.25) is 0 Å². The molecule has 0 spiro atoms. The van der Waals surface area contributed by atoms with Gasteiger partial charge in [0, 0.05) is 6.07 Å². The molecule has 128 valence electrons. The SMILES string of the molecule is COc1cc(O[C@@H]2O[C@H](CO)[C@@H](O)[C@H](O)[C@H]2O)ccc1C(=O)O. The number of aliphatic hydroxyl groups is 4. The maximum Gasteiger partial charge on any atom is 0.339 e. The smallest absolute Gasteiger partial charge is 0.339 e. The number of methoxy groups -OCH3 is 1. The molecular weight excluding hydrogens is 312 g/mol. The van der Waals surface area contributed by atoms with Crippen molar-refractivity contribution >= 4 is 5.97 Å². The number of aliphatic hydroxyl groups excluding tert-OH is 4. The van der Waals surface area contributed by atoms with E-state index >= 15 is 0 Å². The topological polar surface area (TPSA) is 146 Å². The largest absolute Gasteiger partial charge is 0.496 e. The summed E-state index contributed by atoms with van der Waals surface area (Å²) < 4.78 is 15.5. The maximum atomic E-state index is 11.0. The fraction of sp³-hybridized carbons (Fsp3) is 0.500. The Morgan fingerprint density at radius 3 is 2.48 bits per heavy atom. The lowest BCUT2D eigenvalue weighted by atomic mass is 9.99. The van der Waals surface area contributed by atoms with Crippen LogP contribution in [0.4, 0.5) is 0 Å². The molecule has 1 aliphatic heterocycles. The first kappa shape index (κ1) is 17.4. The van der Waals surface area contributed by atoms with Gasteiger partial charge in [0.05, 0.1) is 13.7 Å². The average Bonchev–Trinajstić information content (AvgIpc) is 2.54. The molecule has 1 fully saturated rings. The Morgan fingerprint density at radius 1 is 1.22 bits per heavy atom. The second-order valence-electron chi connectivity index (χ2n) is 4.98. The van der Waals surface area contributed by atoms with Crippen molar-refractivity contribution in [3.05, 3.63) is 23.8 Å². The summed E-state index contributed by atoms with van der Waals surface area (Å²) in [6.07, 6.45) is -7.06. The van der Waals surface area contributed by atoms with Crippen LogP contribution in [0, 0.1) is 0 Å². The summed E-state index contributed by atoms with van der Waals surface area (Å²) in [4.78, 5) is 11.0. The van der Waals surface area contributed by atoms with Gasteiger partial charge in [0.2, 0.25) is 6.29 Å². The second kappa shape index (κ2) is 7.11. The number of hydrogen-bond acceptors (Lipinski definition) is 8. The van der Waals surface area contributed by atoms with Crippen molar-refractivity contribution < 1.29 is 44.5 Å². The number of carbonyl (C=O) groups is 1. The average molecular weight is 330 g/mol. The van der Waals surface area contributed by atoms with Crippen LogP contribution in [0.25, 0.3) is 0 Å². The highest BCUT2D eigenvalue weighted by Crippen LogP contribution is 2.28. The summed E-state index contributed by atoms with van der Waals surface area (Å²) in [7, 11) is 1.29. The van der Waals surface area contributed by atoms with Gasteiger partial charge < -0.3 is 39.7 Å². The summed E-state index contributed by atoms with van der Waals surface area (Å²) in [6.45, 7) is -0.577. The Balaban J connectivity index is 2.19. The lowest BCUT2D eigenvalue weighted by molar-refractivity contribution is -0.277. The van der Waals surface area contributed by atoms with Gasteiger partial charge in [-0.2, -0.15) is 0 Å². The van der Waals surface area contributed by atoms with E-state index in [-0.39, 0.29) is 17.1 Å². The van der Waals surface area contributed by atoms with Crippen molar-refractivity contribution in [1.82, 2.24) is 0 Å². The molecule has 9 heteroatoms. The third kappa shape index (κ3) is 3.54. The lowest BCUT2D eigenvalue weighted by Crippen LogP contribution is -2.60. The fourth-order valence-corrected chi connectivity index (χ4v) is 2.22. The zero-order valence-corrected chi connectivity index (χ0v) is 12.2. The van der Waals surface area contributed by atoms with Gasteiger partial charge in [0.25, 0.3) is 0 Å². The van der Waals surface area contributed by atoms with E-state index in [1.165, 1.54) is 25.3 Å². The molecule has 0 unspecified atom stereocenters. The van der Waals surface area contributed by atoms with E-state index in [2.05, 4.69) is 0 Å². The Bertz CT molecular complexity index is 559. The van der Waals surface area contributed by atoms with E-state index in [0.717, 1.165) is 0 Å². The minimum Gasteiger partial charge on any atom is -0.496 e. The molecule has 1 saturated heterocycles. The van der Waals surface area contributed by atoms with Gasteiger partial charge in [0.1, 0.15) is 41.5 Å². The second-order valence-corrected chi connectivity index (χ2v) is 4.98. The molecule has 5 atom stereocenters. The highest BCUT2D eigenvalue weighted by molar-refractivity contribution is 5.91. The molecule has 1 aromatic carbocycles. The number of benzene rings is 1. The molecule has 1 aromatic rings. The van der Waals surface area contributed by atoms with E-state index in [1.54, 1.807) is 0 Å². The lowest BCUT2D eigenvalue weighted by Gasteiger charge is -2.39. The molecular formula is C14H18O9. The molecule has 0 saturated carbocycles. The van der Waals surface area contributed by atoms with Crippen LogP contribution < -0.4 is 9.47 Å². The summed E-state index contributed by atoms with van der Waals surface area (Å²) >= 11 is 0. The van der Waals surface area contributed by atoms with Gasteiger partial charge in [0.15, 0.2) is 0 Å². The first-order chi connectivity index (χ1) is 10.9. The molecule has 0 amide bonds. The molecule has 0 radical (unpaired) electrons. The standard InChI is InChI=1S/C14H18O9/c1-21-8-4-6(2-3-7(8)13(19)20)22-14-12(18)11(17)10(16)9(5-15)23-14/h2-4,9-12,14-18H,5H2,1H3,(H,19,20)/t9-,10-,11+,12-,14-/m1/s1. The normalized spacial score (nSPS) is 30.7. The van der Waals surface area contributed by atoms with E-state index in [9.17, 15) is 20.1 Å². The van der Waals surface area contributed by atoms with Crippen LogP contribution in [0.5, 0.6) is 11.5 Å². The van der Waals surface area contributed by atoms with Crippen LogP contribution >= 0.6 is 0 Å². The highest BCUT2D eigenvalue weighted by Gasteiger charge is 2.44. The molecule has 23 heavy (non-hydrogen) atoms. The Morgan fingerprint density at radius 2 is 1.91 bits per heavy atom. The molecule has 0 aliphatic carbocycles. The number of carboxylic acid groups (broad SMARTS) is 1. The molecule has 9 nitrogen and oxygen atoms in total. The highest BCUT2D eigenvalue weighted by atomic mass is 16.7. The van der Waals surface area contributed by atoms with Gasteiger partial charge >= 0.3 is 5.97 Å². The minimum atomic E-state index is -1.56. The van der Waals surface area contributed by atoms with E-state index in [4.69, 9.17) is 24.4 Å². The maximum absolute atomic E-state index is 11.0. The van der Waals surface area contributed by atoms with Crippen molar-refractivity contribution in [3.8, 4) is 11.5 Å². The zero-order valence-electron chi connectivity index (χ0n) is 12.2. The molecule has 2 rings (SSSR count). The monoisotopic (exact) mass is 330 g/mol. The van der Waals surface area contributed by atoms with Crippen LogP contribution in [0.1, 0.15) is 10.4 Å². The van der Waals surface area contributed by atoms with Gasteiger partial charge in [-0.15, -0.1) is 0 Å². The van der Waals surface area contributed by atoms with Gasteiger partial charge in [-0.25, -0.2) is 4.79 Å². The molecule has 5 N–H and O–H groups in total. The Kier molecular flexibility index (Phi) is 5.39. The van der Waals surface area contributed by atoms with Crippen molar-refractivity contribution in [2.45, 2.75) is 30.7 Å². The minimum absolute atomic E-state index is 0.0413. The van der Waals surface area contributed by atoms with Crippen molar-refractivity contribution in [3.63, 3.8) is 0 Å². The predicted molar refractivity (Wildman–Crippen MR) is 74.3 cm³/mol. The van der Waals surface area contributed by atoms with Crippen LogP contribution in [-0.4, -0.2) is 75.9 Å². The number of ether oxygens (including phenoxy) is 3. The van der Waals surface area contributed by atoms with Gasteiger partial charge in [-0.05, 0) is 12.1 Å². The summed E-state index contributed by atoms with van der Waals surface area (Å²) in [6, 6.07) is 3.86. The number of hydrogen-bond donors (Lipinski definition) is 5. The number of carboxylic acids is 1. The quantitative estimate of drug-likeness (QED) is 0.438. The van der Waals surface area contributed by atoms with Crippen LogP contribution in [0.3, 0.4) is 0 Å². The third-order valence-corrected chi connectivity index (χ3v) is 3.50. The number of rotatable bonds is 5. The molecule has 0 bridgehead atoms. The van der Waals surface area contributed by atoms with Gasteiger partial charge in [-0.1, -0.05) is 0 Å². The Labute approximate surface area is 131 Å². The first-order valence-corrected chi connectivity index (χ1v) is 6.77. The predicted octanol–water partition coefficient (Wildman–Crippen LogP) is -1.43.